The van der Waals surface area contributed by atoms with Crippen LogP contribution in [0.2, 0.25) is 10.0 Å². The van der Waals surface area contributed by atoms with E-state index in [0.29, 0.717) is 22.2 Å². The highest BCUT2D eigenvalue weighted by Crippen LogP contribution is 2.44. The highest BCUT2D eigenvalue weighted by atomic mass is 35.5. The fourth-order valence-electron chi connectivity index (χ4n) is 3.56. The van der Waals surface area contributed by atoms with Crippen molar-refractivity contribution in [1.82, 2.24) is 0 Å². The van der Waals surface area contributed by atoms with Gasteiger partial charge in [0.05, 0.1) is 16.8 Å². The Morgan fingerprint density at radius 3 is 2.31 bits per heavy atom. The van der Waals surface area contributed by atoms with Crippen molar-refractivity contribution in [2.24, 2.45) is 11.8 Å². The standard InChI is InChI=1S/C21H17Cl2F2NO3/c1-9(2)19(27)17-18(12-5-4-11(22)6-10(12)3)26(21(29)20(17)28)16-7-13(23)14(24)8-15(16)25/h4-9,17-18H,1-3H3. The maximum Gasteiger partial charge on any atom is 0.295 e. The lowest BCUT2D eigenvalue weighted by Crippen LogP contribution is -2.32. The van der Waals surface area contributed by atoms with Crippen LogP contribution in [0.5, 0.6) is 0 Å². The summed E-state index contributed by atoms with van der Waals surface area (Å²) in [5.74, 6) is -6.37. The number of ketones is 2. The number of rotatable bonds is 4. The molecule has 0 aromatic heterocycles. The van der Waals surface area contributed by atoms with Crippen LogP contribution in [0.3, 0.4) is 0 Å². The Hall–Kier alpha value is -2.31. The molecule has 0 saturated carbocycles. The molecule has 1 saturated heterocycles. The summed E-state index contributed by atoms with van der Waals surface area (Å²) in [4.78, 5) is 39.4. The Balaban J connectivity index is 2.28. The third kappa shape index (κ3) is 3.67. The van der Waals surface area contributed by atoms with E-state index in [1.54, 1.807) is 39.0 Å². The van der Waals surface area contributed by atoms with Gasteiger partial charge in [0.1, 0.15) is 23.3 Å². The number of anilines is 1. The second-order valence-electron chi connectivity index (χ2n) is 7.24. The first kappa shape index (κ1) is 21.4. The largest absolute Gasteiger partial charge is 0.298 e. The number of aryl methyl sites for hydroxylation is 1. The van der Waals surface area contributed by atoms with Crippen LogP contribution in [-0.4, -0.2) is 17.5 Å². The van der Waals surface area contributed by atoms with Crippen molar-refractivity contribution in [1.29, 1.82) is 0 Å². The van der Waals surface area contributed by atoms with Gasteiger partial charge in [-0.15, -0.1) is 0 Å². The first-order valence-corrected chi connectivity index (χ1v) is 9.62. The topological polar surface area (TPSA) is 54.5 Å². The molecule has 29 heavy (non-hydrogen) atoms. The highest BCUT2D eigenvalue weighted by molar-refractivity contribution is 6.48. The van der Waals surface area contributed by atoms with E-state index in [1.165, 1.54) is 0 Å². The Labute approximate surface area is 176 Å². The monoisotopic (exact) mass is 439 g/mol. The number of amides is 1. The molecule has 1 heterocycles. The molecule has 1 aliphatic heterocycles. The molecular weight excluding hydrogens is 423 g/mol. The fraction of sp³-hybridized carbons (Fsp3) is 0.286. The fourth-order valence-corrected chi connectivity index (χ4v) is 3.94. The Morgan fingerprint density at radius 2 is 1.72 bits per heavy atom. The van der Waals surface area contributed by atoms with Crippen LogP contribution < -0.4 is 4.90 Å². The van der Waals surface area contributed by atoms with Crippen LogP contribution >= 0.6 is 23.2 Å². The first-order chi connectivity index (χ1) is 13.5. The van der Waals surface area contributed by atoms with Crippen molar-refractivity contribution >= 4 is 46.4 Å². The summed E-state index contributed by atoms with van der Waals surface area (Å²) in [5.41, 5.74) is 0.714. The third-order valence-corrected chi connectivity index (χ3v) is 5.51. The molecule has 3 rings (SSSR count). The zero-order chi connectivity index (χ0) is 21.6. The van der Waals surface area contributed by atoms with Crippen LogP contribution in [0.25, 0.3) is 0 Å². The van der Waals surface area contributed by atoms with Gasteiger partial charge >= 0.3 is 0 Å². The molecule has 1 aliphatic rings. The number of nitrogens with zero attached hydrogens (tertiary/aromatic N) is 1. The minimum Gasteiger partial charge on any atom is -0.298 e. The van der Waals surface area contributed by atoms with Crippen molar-refractivity contribution < 1.29 is 23.2 Å². The van der Waals surface area contributed by atoms with Crippen molar-refractivity contribution in [2.75, 3.05) is 4.90 Å². The Bertz CT molecular complexity index is 1040. The van der Waals surface area contributed by atoms with E-state index in [-0.39, 0.29) is 5.69 Å². The van der Waals surface area contributed by atoms with E-state index in [9.17, 15) is 23.2 Å². The van der Waals surface area contributed by atoms with Crippen LogP contribution in [0, 0.1) is 30.4 Å². The molecule has 2 atom stereocenters. The zero-order valence-electron chi connectivity index (χ0n) is 15.8. The lowest BCUT2D eigenvalue weighted by Gasteiger charge is -2.29. The van der Waals surface area contributed by atoms with Gasteiger partial charge in [0.2, 0.25) is 5.78 Å². The minimum atomic E-state index is -1.33. The van der Waals surface area contributed by atoms with Gasteiger partial charge in [-0.3, -0.25) is 19.3 Å². The molecule has 8 heteroatoms. The van der Waals surface area contributed by atoms with Gasteiger partial charge < -0.3 is 0 Å². The molecule has 0 aliphatic carbocycles. The van der Waals surface area contributed by atoms with Crippen molar-refractivity contribution in [3.63, 3.8) is 0 Å². The predicted octanol–water partition coefficient (Wildman–Crippen LogP) is 5.08. The minimum absolute atomic E-state index is 0.367. The highest BCUT2D eigenvalue weighted by Gasteiger charge is 2.53. The van der Waals surface area contributed by atoms with Crippen LogP contribution in [0.1, 0.15) is 31.0 Å². The molecule has 0 bridgehead atoms. The molecule has 1 amide bonds. The number of hydrogen-bond acceptors (Lipinski definition) is 3. The van der Waals surface area contributed by atoms with E-state index in [0.717, 1.165) is 11.0 Å². The van der Waals surface area contributed by atoms with Gasteiger partial charge in [-0.2, -0.15) is 0 Å². The average molecular weight is 440 g/mol. The predicted molar refractivity (Wildman–Crippen MR) is 106 cm³/mol. The van der Waals surface area contributed by atoms with Gasteiger partial charge in [-0.05, 0) is 36.2 Å². The zero-order valence-corrected chi connectivity index (χ0v) is 17.3. The molecule has 0 radical (unpaired) electrons. The summed E-state index contributed by atoms with van der Waals surface area (Å²) < 4.78 is 28.3. The summed E-state index contributed by atoms with van der Waals surface area (Å²) in [6, 6.07) is 5.15. The van der Waals surface area contributed by atoms with Crippen molar-refractivity contribution in [3.8, 4) is 0 Å². The van der Waals surface area contributed by atoms with E-state index < -0.39 is 52.0 Å². The summed E-state index contributed by atoms with van der Waals surface area (Å²) in [6.07, 6.45) is 0. The van der Waals surface area contributed by atoms with E-state index >= 15 is 0 Å². The molecule has 2 aromatic rings. The SMILES string of the molecule is Cc1cc(Cl)ccc1C1C(C(=O)C(C)C)C(=O)C(=O)N1c1cc(Cl)c(F)cc1F. The van der Waals surface area contributed by atoms with Gasteiger partial charge in [-0.1, -0.05) is 43.1 Å². The van der Waals surface area contributed by atoms with Gasteiger partial charge in [0.25, 0.3) is 5.91 Å². The third-order valence-electron chi connectivity index (χ3n) is 4.98. The van der Waals surface area contributed by atoms with Gasteiger partial charge in [0, 0.05) is 17.0 Å². The van der Waals surface area contributed by atoms with Gasteiger partial charge in [0.15, 0.2) is 0 Å². The number of carbonyl (C=O) groups is 3. The first-order valence-electron chi connectivity index (χ1n) is 8.86. The number of Topliss-reactive ketones (excluding diaryl/α,β-unsaturated/α-hetero) is 2. The molecule has 1 fully saturated rings. The molecule has 2 unspecified atom stereocenters. The average Bonchev–Trinajstić information content (AvgIpc) is 2.88. The van der Waals surface area contributed by atoms with Crippen LogP contribution in [0.4, 0.5) is 14.5 Å². The molecule has 0 spiro atoms. The van der Waals surface area contributed by atoms with Crippen LogP contribution in [-0.2, 0) is 14.4 Å². The lowest BCUT2D eigenvalue weighted by molar-refractivity contribution is -0.139. The maximum absolute atomic E-state index is 14.6. The number of benzene rings is 2. The summed E-state index contributed by atoms with van der Waals surface area (Å²) >= 11 is 11.8. The Kier molecular flexibility index (Phi) is 5.79. The molecule has 2 aromatic carbocycles. The maximum atomic E-state index is 14.6. The molecule has 0 N–H and O–H groups in total. The van der Waals surface area contributed by atoms with E-state index in [4.69, 9.17) is 23.2 Å². The van der Waals surface area contributed by atoms with Crippen LogP contribution in [0.15, 0.2) is 30.3 Å². The second-order valence-corrected chi connectivity index (χ2v) is 8.08. The molecular formula is C21H17Cl2F2NO3. The summed E-state index contributed by atoms with van der Waals surface area (Å²) in [6.45, 7) is 4.94. The van der Waals surface area contributed by atoms with Crippen molar-refractivity contribution in [3.05, 3.63) is 63.1 Å². The smallest absolute Gasteiger partial charge is 0.295 e. The normalized spacial score (nSPS) is 19.4. The summed E-state index contributed by atoms with van der Waals surface area (Å²) in [5, 5.41) is 0.0167. The second kappa shape index (κ2) is 7.84. The molecule has 152 valence electrons. The number of carbonyl (C=O) groups excluding carboxylic acids is 3. The van der Waals surface area contributed by atoms with E-state index in [1.807, 2.05) is 0 Å². The van der Waals surface area contributed by atoms with E-state index in [2.05, 4.69) is 0 Å². The molecule has 4 nitrogen and oxygen atoms in total. The summed E-state index contributed by atoms with van der Waals surface area (Å²) in [7, 11) is 0. The van der Waals surface area contributed by atoms with Crippen molar-refractivity contribution in [2.45, 2.75) is 26.8 Å². The number of halogens is 4. The Morgan fingerprint density at radius 1 is 1.07 bits per heavy atom. The quantitative estimate of drug-likeness (QED) is 0.379. The number of hydrogen-bond donors (Lipinski definition) is 0. The lowest BCUT2D eigenvalue weighted by atomic mass is 9.83. The van der Waals surface area contributed by atoms with Gasteiger partial charge in [-0.25, -0.2) is 8.78 Å².